The number of amides is 1. The van der Waals surface area contributed by atoms with E-state index in [0.29, 0.717) is 16.5 Å². The first-order chi connectivity index (χ1) is 15.4. The van der Waals surface area contributed by atoms with E-state index in [4.69, 9.17) is 4.42 Å². The lowest BCUT2D eigenvalue weighted by molar-refractivity contribution is 0.0971. The normalized spacial score (nSPS) is 15.4. The van der Waals surface area contributed by atoms with Crippen LogP contribution in [0.1, 0.15) is 56.9 Å². The summed E-state index contributed by atoms with van der Waals surface area (Å²) in [7, 11) is 0. The topological polar surface area (TPSA) is 50.5 Å². The molecule has 1 amide bonds. The second kappa shape index (κ2) is 7.49. The molecule has 1 aliphatic heterocycles. The van der Waals surface area contributed by atoms with E-state index in [1.165, 1.54) is 5.56 Å². The van der Waals surface area contributed by atoms with E-state index in [1.807, 2.05) is 69.3 Å². The molecule has 0 aliphatic carbocycles. The molecule has 4 nitrogen and oxygen atoms in total. The van der Waals surface area contributed by atoms with Crippen LogP contribution in [-0.4, -0.2) is 5.91 Å². The van der Waals surface area contributed by atoms with Gasteiger partial charge < -0.3 is 4.42 Å². The summed E-state index contributed by atoms with van der Waals surface area (Å²) in [6.45, 7) is 8.05. The number of anilines is 1. The van der Waals surface area contributed by atoms with Crippen LogP contribution in [-0.2, 0) is 6.42 Å². The zero-order valence-electron chi connectivity index (χ0n) is 18.7. The fourth-order valence-electron chi connectivity index (χ4n) is 4.52. The van der Waals surface area contributed by atoms with Gasteiger partial charge in [-0.05, 0) is 79.3 Å². The minimum atomic E-state index is -0.535. The van der Waals surface area contributed by atoms with Crippen molar-refractivity contribution in [1.29, 1.82) is 0 Å². The summed E-state index contributed by atoms with van der Waals surface area (Å²) in [5.74, 6) is -0.149. The molecule has 0 saturated carbocycles. The zero-order chi connectivity index (χ0) is 22.6. The van der Waals surface area contributed by atoms with Crippen molar-refractivity contribution in [1.82, 2.24) is 0 Å². The molecule has 0 spiro atoms. The van der Waals surface area contributed by atoms with Crippen LogP contribution in [0.2, 0.25) is 0 Å². The smallest absolute Gasteiger partial charge is 0.295 e. The van der Waals surface area contributed by atoms with Crippen LogP contribution in [0.25, 0.3) is 11.0 Å². The third-order valence-electron chi connectivity index (χ3n) is 6.47. The Kier molecular flexibility index (Phi) is 4.74. The molecule has 0 N–H and O–H groups in total. The predicted octanol–water partition coefficient (Wildman–Crippen LogP) is 6.03. The minimum absolute atomic E-state index is 0.136. The van der Waals surface area contributed by atoms with Crippen molar-refractivity contribution in [2.24, 2.45) is 0 Å². The molecule has 1 atom stereocenters. The van der Waals surface area contributed by atoms with Crippen molar-refractivity contribution in [2.45, 2.75) is 40.2 Å². The van der Waals surface area contributed by atoms with Crippen molar-refractivity contribution in [2.75, 3.05) is 4.90 Å². The van der Waals surface area contributed by atoms with Gasteiger partial charge in [0.25, 0.3) is 5.91 Å². The Morgan fingerprint density at radius 2 is 1.62 bits per heavy atom. The fraction of sp³-hybridized carbons (Fsp3) is 0.214. The zero-order valence-corrected chi connectivity index (χ0v) is 18.7. The first kappa shape index (κ1) is 20.3. The predicted molar refractivity (Wildman–Crippen MR) is 128 cm³/mol. The van der Waals surface area contributed by atoms with Crippen LogP contribution >= 0.6 is 0 Å². The molecule has 2 heterocycles. The van der Waals surface area contributed by atoms with Gasteiger partial charge in [-0.15, -0.1) is 0 Å². The average molecular weight is 424 g/mol. The van der Waals surface area contributed by atoms with Crippen molar-refractivity contribution < 1.29 is 9.21 Å². The molecule has 1 unspecified atom stereocenters. The fourth-order valence-corrected chi connectivity index (χ4v) is 4.52. The molecule has 0 fully saturated rings. The number of carbonyl (C=O) groups excluding carboxylic acids is 1. The highest BCUT2D eigenvalue weighted by Gasteiger charge is 2.43. The molecule has 3 aromatic carbocycles. The largest absolute Gasteiger partial charge is 0.450 e. The Labute approximate surface area is 187 Å². The first-order valence-corrected chi connectivity index (χ1v) is 11.0. The van der Waals surface area contributed by atoms with E-state index in [9.17, 15) is 9.59 Å². The van der Waals surface area contributed by atoms with E-state index in [0.717, 1.165) is 34.4 Å². The molecule has 0 radical (unpaired) electrons. The second-order valence-electron chi connectivity index (χ2n) is 8.62. The molecular formula is C28H25NO3. The molecule has 32 heavy (non-hydrogen) atoms. The summed E-state index contributed by atoms with van der Waals surface area (Å²) >= 11 is 0. The maximum absolute atomic E-state index is 13.7. The Bertz CT molecular complexity index is 1430. The third-order valence-corrected chi connectivity index (χ3v) is 6.47. The third kappa shape index (κ3) is 3.06. The SMILES string of the molecule is CCc1ccc(C2c3c(oc4cc(C)c(C)cc4c3=O)C(=O)N2c2cccc(C)c2)cc1. The quantitative estimate of drug-likeness (QED) is 0.404. The molecular weight excluding hydrogens is 398 g/mol. The average Bonchev–Trinajstić information content (AvgIpc) is 3.08. The first-order valence-electron chi connectivity index (χ1n) is 11.0. The lowest BCUT2D eigenvalue weighted by atomic mass is 9.96. The summed E-state index contributed by atoms with van der Waals surface area (Å²) in [6, 6.07) is 19.1. The second-order valence-corrected chi connectivity index (χ2v) is 8.62. The molecule has 5 rings (SSSR count). The maximum Gasteiger partial charge on any atom is 0.295 e. The Hall–Kier alpha value is -3.66. The van der Waals surface area contributed by atoms with Crippen LogP contribution in [0.15, 0.2) is 69.9 Å². The van der Waals surface area contributed by atoms with Gasteiger partial charge in [-0.2, -0.15) is 0 Å². The Morgan fingerprint density at radius 1 is 0.906 bits per heavy atom. The lowest BCUT2D eigenvalue weighted by Crippen LogP contribution is -2.29. The van der Waals surface area contributed by atoms with Gasteiger partial charge in [0.05, 0.1) is 17.0 Å². The van der Waals surface area contributed by atoms with Crippen LogP contribution in [0.4, 0.5) is 5.69 Å². The van der Waals surface area contributed by atoms with Crippen molar-refractivity contribution in [3.8, 4) is 0 Å². The van der Waals surface area contributed by atoms with Gasteiger partial charge in [-0.25, -0.2) is 0 Å². The summed E-state index contributed by atoms with van der Waals surface area (Å²) in [6.07, 6.45) is 0.924. The van der Waals surface area contributed by atoms with Crippen molar-refractivity contribution in [3.05, 3.63) is 110 Å². The van der Waals surface area contributed by atoms with Crippen molar-refractivity contribution >= 4 is 22.6 Å². The number of benzene rings is 3. The highest BCUT2D eigenvalue weighted by molar-refractivity contribution is 6.10. The molecule has 4 aromatic rings. The van der Waals surface area contributed by atoms with Gasteiger partial charge in [0.2, 0.25) is 5.76 Å². The van der Waals surface area contributed by atoms with Gasteiger partial charge in [-0.3, -0.25) is 14.5 Å². The molecule has 4 heteroatoms. The molecule has 1 aromatic heterocycles. The Morgan fingerprint density at radius 3 is 2.31 bits per heavy atom. The number of carbonyl (C=O) groups is 1. The van der Waals surface area contributed by atoms with Gasteiger partial charge in [0, 0.05) is 5.69 Å². The van der Waals surface area contributed by atoms with Crippen molar-refractivity contribution in [3.63, 3.8) is 0 Å². The minimum Gasteiger partial charge on any atom is -0.450 e. The molecule has 0 bridgehead atoms. The summed E-state index contributed by atoms with van der Waals surface area (Å²) in [4.78, 5) is 29.1. The van der Waals surface area contributed by atoms with Gasteiger partial charge in [0.1, 0.15) is 5.58 Å². The van der Waals surface area contributed by atoms with E-state index >= 15 is 0 Å². The van der Waals surface area contributed by atoms with E-state index in [2.05, 4.69) is 19.1 Å². The summed E-state index contributed by atoms with van der Waals surface area (Å²) in [5.41, 5.74) is 6.67. The van der Waals surface area contributed by atoms with Crippen LogP contribution < -0.4 is 10.3 Å². The molecule has 0 saturated heterocycles. The number of nitrogens with zero attached hydrogens (tertiary/aromatic N) is 1. The van der Waals surface area contributed by atoms with Crippen LogP contribution in [0.5, 0.6) is 0 Å². The summed E-state index contributed by atoms with van der Waals surface area (Å²) < 4.78 is 6.12. The van der Waals surface area contributed by atoms with E-state index in [1.54, 1.807) is 4.90 Å². The molecule has 1 aliphatic rings. The summed E-state index contributed by atoms with van der Waals surface area (Å²) in [5, 5.41) is 0.515. The number of hydrogen-bond acceptors (Lipinski definition) is 3. The van der Waals surface area contributed by atoms with E-state index < -0.39 is 6.04 Å². The number of hydrogen-bond donors (Lipinski definition) is 0. The highest BCUT2D eigenvalue weighted by Crippen LogP contribution is 2.41. The van der Waals surface area contributed by atoms with Gasteiger partial charge in [-0.1, -0.05) is 43.3 Å². The number of aryl methyl sites for hydroxylation is 4. The maximum atomic E-state index is 13.7. The van der Waals surface area contributed by atoms with Crippen LogP contribution in [0.3, 0.4) is 0 Å². The van der Waals surface area contributed by atoms with Gasteiger partial charge in [0.15, 0.2) is 5.43 Å². The standard InChI is InChI=1S/C28H25NO3/c1-5-19-9-11-20(12-10-19)25-24-26(30)22-14-17(3)18(4)15-23(22)32-27(24)28(31)29(25)21-8-6-7-16(2)13-21/h6-15,25H,5H2,1-4H3. The monoisotopic (exact) mass is 423 g/mol. The van der Waals surface area contributed by atoms with Crippen LogP contribution in [0, 0.1) is 20.8 Å². The van der Waals surface area contributed by atoms with E-state index in [-0.39, 0.29) is 17.1 Å². The Balaban J connectivity index is 1.81. The number of rotatable bonds is 3. The van der Waals surface area contributed by atoms with Gasteiger partial charge >= 0.3 is 0 Å². The highest BCUT2D eigenvalue weighted by atomic mass is 16.3. The lowest BCUT2D eigenvalue weighted by Gasteiger charge is -2.25. The molecule has 160 valence electrons. The number of fused-ring (bicyclic) bond motifs is 2.